The molecule has 3 aromatic heterocycles. The van der Waals surface area contributed by atoms with Crippen LogP contribution in [0.2, 0.25) is 0 Å². The van der Waals surface area contributed by atoms with Crippen LogP contribution in [0.5, 0.6) is 0 Å². The first-order chi connectivity index (χ1) is 32.1. The minimum absolute atomic E-state index is 0.0643. The van der Waals surface area contributed by atoms with Gasteiger partial charge in [0, 0.05) is 98.1 Å². The summed E-state index contributed by atoms with van der Waals surface area (Å²) < 4.78 is 53.4. The minimum atomic E-state index is -4.97. The Balaban J connectivity index is 1.25. The second-order valence-electron chi connectivity index (χ2n) is 19.2. The molecule has 0 unspecified atom stereocenters. The van der Waals surface area contributed by atoms with Gasteiger partial charge in [-0.25, -0.2) is 14.6 Å². The molecule has 6 heterocycles. The Morgan fingerprint density at radius 3 is 2.50 bits per heavy atom. The van der Waals surface area contributed by atoms with E-state index in [0.29, 0.717) is 23.7 Å². The fourth-order valence-electron chi connectivity index (χ4n) is 9.69. The molecule has 4 atom stereocenters. The van der Waals surface area contributed by atoms with E-state index in [2.05, 4.69) is 34.4 Å². The summed E-state index contributed by atoms with van der Waals surface area (Å²) in [6, 6.07) is 6.99. The highest BCUT2D eigenvalue weighted by atomic mass is 32.1. The van der Waals surface area contributed by atoms with Crippen LogP contribution in [0.3, 0.4) is 0 Å². The van der Waals surface area contributed by atoms with E-state index in [4.69, 9.17) is 19.4 Å². The van der Waals surface area contributed by atoms with Gasteiger partial charge in [0.25, 0.3) is 5.91 Å². The van der Waals surface area contributed by atoms with Crippen molar-refractivity contribution >= 4 is 51.8 Å². The van der Waals surface area contributed by atoms with Gasteiger partial charge in [-0.1, -0.05) is 33.8 Å². The monoisotopic (exact) mass is 966 g/mol. The SMILES string of the molecule is CCn1c(-c2cccnc2[C@H](C)OC)c2c3cc(ccc31)-c1csc(n1)C[C@H](NC(=O)[C@H](C(C)C)N(C)C(=O)N1CCC(C(=O)C(F)(F)F)CC1)C(=O)N1CCC[C@@](O)(N1)C(=O)OCC(C)(C)C2. The van der Waals surface area contributed by atoms with E-state index >= 15 is 0 Å². The van der Waals surface area contributed by atoms with Gasteiger partial charge in [-0.15, -0.1) is 11.3 Å². The van der Waals surface area contributed by atoms with E-state index in [9.17, 15) is 42.3 Å². The maximum atomic E-state index is 14.6. The molecule has 3 N–H and O–H groups in total. The van der Waals surface area contributed by atoms with Crippen molar-refractivity contribution in [1.29, 1.82) is 0 Å². The number of aliphatic hydroxyl groups is 1. The van der Waals surface area contributed by atoms with E-state index in [1.165, 1.54) is 28.2 Å². The third kappa shape index (κ3) is 10.3. The number of fused-ring (bicyclic) bond motifs is 6. The fraction of sp³-hybridized carbons (Fsp3) is 0.562. The number of hydrazine groups is 1. The van der Waals surface area contributed by atoms with Gasteiger partial charge in [0.05, 0.1) is 34.8 Å². The summed E-state index contributed by atoms with van der Waals surface area (Å²) in [7, 11) is 3.05. The number of likely N-dealkylation sites (tertiary alicyclic amines) is 1. The number of benzene rings is 1. The smallest absolute Gasteiger partial charge is 0.450 e. The zero-order chi connectivity index (χ0) is 49.5. The molecule has 2 fully saturated rings. The number of thiazole rings is 1. The van der Waals surface area contributed by atoms with Crippen LogP contribution in [-0.4, -0.2) is 128 Å². The molecule has 2 saturated heterocycles. The van der Waals surface area contributed by atoms with Crippen LogP contribution in [0.15, 0.2) is 41.9 Å². The third-order valence-electron chi connectivity index (χ3n) is 13.3. The Hall–Kier alpha value is -5.44. The van der Waals surface area contributed by atoms with Crippen molar-refractivity contribution < 1.29 is 51.7 Å². The Morgan fingerprint density at radius 2 is 1.84 bits per heavy atom. The van der Waals surface area contributed by atoms with Crippen molar-refractivity contribution in [3.63, 3.8) is 0 Å². The summed E-state index contributed by atoms with van der Waals surface area (Å²) in [5.41, 5.74) is 5.79. The third-order valence-corrected chi connectivity index (χ3v) is 14.2. The summed E-state index contributed by atoms with van der Waals surface area (Å²) in [5, 5.41) is 19.1. The summed E-state index contributed by atoms with van der Waals surface area (Å²) in [4.78, 5) is 80.9. The van der Waals surface area contributed by atoms with Gasteiger partial charge in [-0.3, -0.25) is 24.4 Å². The Labute approximate surface area is 397 Å². The number of cyclic esters (lactones) is 1. The normalized spacial score (nSPS) is 21.6. The van der Waals surface area contributed by atoms with Gasteiger partial charge in [0.1, 0.15) is 12.1 Å². The number of esters is 1. The number of aryl methyl sites for hydroxylation is 1. The molecular weight excluding hydrogens is 906 g/mol. The molecule has 0 spiro atoms. The number of hydrogen-bond donors (Lipinski definition) is 3. The van der Waals surface area contributed by atoms with Crippen molar-refractivity contribution in [2.45, 2.75) is 117 Å². The lowest BCUT2D eigenvalue weighted by molar-refractivity contribution is -0.189. The van der Waals surface area contributed by atoms with E-state index in [0.717, 1.165) is 44.0 Å². The summed E-state index contributed by atoms with van der Waals surface area (Å²) in [5.74, 6) is -5.90. The second kappa shape index (κ2) is 19.9. The van der Waals surface area contributed by atoms with Crippen LogP contribution in [0.4, 0.5) is 18.0 Å². The molecule has 0 radical (unpaired) electrons. The van der Waals surface area contributed by atoms with Crippen molar-refractivity contribution in [1.82, 2.24) is 40.1 Å². The average molecular weight is 967 g/mol. The van der Waals surface area contributed by atoms with E-state index < -0.39 is 70.8 Å². The predicted octanol–water partition coefficient (Wildman–Crippen LogP) is 6.44. The lowest BCUT2D eigenvalue weighted by atomic mass is 9.84. The first-order valence-corrected chi connectivity index (χ1v) is 23.9. The van der Waals surface area contributed by atoms with Crippen LogP contribution in [0.1, 0.15) is 89.6 Å². The number of alkyl halides is 3. The topological polar surface area (TPSA) is 189 Å². The van der Waals surface area contributed by atoms with Gasteiger partial charge in [0.15, 0.2) is 0 Å². The van der Waals surface area contributed by atoms with Crippen molar-refractivity contribution in [2.24, 2.45) is 17.3 Å². The number of Topliss-reactive ketones (excluding diaryl/α,β-unsaturated/α-hetero) is 1. The molecular formula is C48H61F3N8O8S. The first kappa shape index (κ1) is 50.4. The molecule has 3 aliphatic rings. The van der Waals surface area contributed by atoms with Gasteiger partial charge in [0.2, 0.25) is 17.4 Å². The number of methoxy groups -OCH3 is 1. The quantitative estimate of drug-likeness (QED) is 0.157. The number of halogens is 3. The largest absolute Gasteiger partial charge is 0.462 e. The number of pyridine rings is 1. The Bertz CT molecular complexity index is 2550. The number of ketones is 1. The number of nitrogens with one attached hydrogen (secondary N) is 2. The fourth-order valence-corrected chi connectivity index (χ4v) is 10.5. The number of carbonyl (C=O) groups excluding carboxylic acids is 5. The standard InChI is InChI=1S/C48H61F3N8O8S/c1-9-58-36-14-13-30-22-32(36)33(40(58)31-12-10-18-52-38(31)28(4)66-8)24-46(5,6)26-67-44(63)47(65)17-11-19-59(55-47)43(62)34(23-37-53-35(30)25-68-37)54-42(61)39(27(2)3)56(7)45(64)57-20-15-29(16-21-57)41(60)48(49,50)51/h10,12-14,18,22,25,27-29,34,39,55,65H,9,11,15-17,19-21,23-24,26H2,1-8H3,(H,54,61)/t28-,34-,39-,47-/m0/s1. The number of likely N-dealkylation sites (N-methyl/N-ethyl adjacent to an activating group) is 1. The lowest BCUT2D eigenvalue weighted by Crippen LogP contribution is -2.67. The summed E-state index contributed by atoms with van der Waals surface area (Å²) in [6.45, 7) is 11.8. The van der Waals surface area contributed by atoms with Gasteiger partial charge in [-0.05, 0) is 75.3 Å². The molecule has 0 saturated carbocycles. The molecule has 4 aromatic rings. The number of hydrogen-bond acceptors (Lipinski definition) is 12. The Morgan fingerprint density at radius 1 is 1.12 bits per heavy atom. The molecule has 16 nitrogen and oxygen atoms in total. The highest BCUT2D eigenvalue weighted by molar-refractivity contribution is 7.10. The number of piperidine rings is 1. The zero-order valence-corrected chi connectivity index (χ0v) is 40.6. The highest BCUT2D eigenvalue weighted by Gasteiger charge is 2.47. The van der Waals surface area contributed by atoms with Crippen LogP contribution in [0.25, 0.3) is 33.4 Å². The molecule has 368 valence electrons. The molecule has 20 heteroatoms. The Kier molecular flexibility index (Phi) is 14.7. The van der Waals surface area contributed by atoms with Crippen LogP contribution < -0.4 is 10.7 Å². The number of ether oxygens (including phenoxy) is 2. The van der Waals surface area contributed by atoms with E-state index in [1.54, 1.807) is 27.2 Å². The molecule has 0 aliphatic carbocycles. The summed E-state index contributed by atoms with van der Waals surface area (Å²) in [6.07, 6.45) is -3.40. The molecule has 3 aliphatic heterocycles. The molecule has 68 heavy (non-hydrogen) atoms. The van der Waals surface area contributed by atoms with Crippen LogP contribution in [-0.2, 0) is 48.0 Å². The van der Waals surface area contributed by atoms with Crippen LogP contribution >= 0.6 is 11.3 Å². The van der Waals surface area contributed by atoms with E-state index in [1.807, 2.05) is 44.4 Å². The van der Waals surface area contributed by atoms with Gasteiger partial charge in [-0.2, -0.15) is 18.6 Å². The molecule has 6 bridgehead atoms. The highest BCUT2D eigenvalue weighted by Crippen LogP contribution is 2.42. The second-order valence-corrected chi connectivity index (χ2v) is 20.1. The first-order valence-electron chi connectivity index (χ1n) is 23.1. The van der Waals surface area contributed by atoms with Crippen molar-refractivity contribution in [3.8, 4) is 22.5 Å². The maximum Gasteiger partial charge on any atom is 0.450 e. The maximum absolute atomic E-state index is 14.6. The van der Waals surface area contributed by atoms with Crippen molar-refractivity contribution in [2.75, 3.05) is 40.4 Å². The summed E-state index contributed by atoms with van der Waals surface area (Å²) >= 11 is 1.29. The number of urea groups is 1. The average Bonchev–Trinajstić information content (AvgIpc) is 3.90. The number of rotatable bonds is 9. The lowest BCUT2D eigenvalue weighted by Gasteiger charge is -2.40. The number of carbonyl (C=O) groups is 5. The number of amides is 4. The molecule has 1 aromatic carbocycles. The van der Waals surface area contributed by atoms with E-state index in [-0.39, 0.29) is 64.4 Å². The number of nitrogens with zero attached hydrogens (tertiary/aromatic N) is 6. The van der Waals surface area contributed by atoms with Gasteiger partial charge >= 0.3 is 18.2 Å². The predicted molar refractivity (Wildman–Crippen MR) is 248 cm³/mol. The zero-order valence-electron chi connectivity index (χ0n) is 39.7. The van der Waals surface area contributed by atoms with Crippen LogP contribution in [0, 0.1) is 17.3 Å². The number of aromatic nitrogens is 3. The molecule has 7 rings (SSSR count). The minimum Gasteiger partial charge on any atom is -0.462 e. The van der Waals surface area contributed by atoms with Gasteiger partial charge < -0.3 is 34.3 Å². The van der Waals surface area contributed by atoms with Crippen molar-refractivity contribution in [3.05, 3.63) is 58.2 Å². The molecule has 4 amide bonds.